The van der Waals surface area contributed by atoms with E-state index in [9.17, 15) is 5.11 Å². The summed E-state index contributed by atoms with van der Waals surface area (Å²) in [6.07, 6.45) is -0.831. The number of hydrogen-bond donors (Lipinski definition) is 1. The third-order valence-corrected chi connectivity index (χ3v) is 2.82. The average Bonchev–Trinajstić information content (AvgIpc) is 2.38. The van der Waals surface area contributed by atoms with Crippen molar-refractivity contribution in [2.75, 3.05) is 28.4 Å². The lowest BCUT2D eigenvalue weighted by molar-refractivity contribution is -0.213. The Morgan fingerprint density at radius 3 is 1.78 bits per heavy atom. The predicted molar refractivity (Wildman–Crippen MR) is 66.9 cm³/mol. The van der Waals surface area contributed by atoms with E-state index < -0.39 is 11.9 Å². The van der Waals surface area contributed by atoms with E-state index >= 15 is 0 Å². The van der Waals surface area contributed by atoms with Crippen LogP contribution in [0.15, 0.2) is 18.2 Å². The Morgan fingerprint density at radius 1 is 1.00 bits per heavy atom. The molecule has 0 aliphatic rings. The highest BCUT2D eigenvalue weighted by atomic mass is 16.7. The zero-order valence-electron chi connectivity index (χ0n) is 11.4. The van der Waals surface area contributed by atoms with Crippen LogP contribution in [0.25, 0.3) is 0 Å². The van der Waals surface area contributed by atoms with Crippen LogP contribution in [0.3, 0.4) is 0 Å². The predicted octanol–water partition coefficient (Wildman–Crippen LogP) is 1.53. The summed E-state index contributed by atoms with van der Waals surface area (Å²) < 4.78 is 20.8. The molecule has 0 radical (unpaired) electrons. The maximum Gasteiger partial charge on any atom is 0.189 e. The average molecular weight is 256 g/mol. The molecule has 18 heavy (non-hydrogen) atoms. The van der Waals surface area contributed by atoms with Crippen molar-refractivity contribution in [2.24, 2.45) is 0 Å². The minimum absolute atomic E-state index is 0.490. The molecule has 0 heterocycles. The summed E-state index contributed by atoms with van der Waals surface area (Å²) in [5.41, 5.74) is -0.912. The molecule has 5 nitrogen and oxygen atoms in total. The third kappa shape index (κ3) is 2.58. The summed E-state index contributed by atoms with van der Waals surface area (Å²) in [6.45, 7) is 1.59. The first-order valence-electron chi connectivity index (χ1n) is 5.52. The van der Waals surface area contributed by atoms with Gasteiger partial charge in [-0.15, -0.1) is 0 Å². The number of ether oxygens (including phenoxy) is 4. The third-order valence-electron chi connectivity index (χ3n) is 2.82. The molecule has 0 spiro atoms. The van der Waals surface area contributed by atoms with Crippen molar-refractivity contribution in [1.82, 2.24) is 0 Å². The van der Waals surface area contributed by atoms with Crippen LogP contribution in [0.4, 0.5) is 0 Å². The quantitative estimate of drug-likeness (QED) is 0.782. The van der Waals surface area contributed by atoms with Crippen LogP contribution in [0.5, 0.6) is 11.5 Å². The van der Waals surface area contributed by atoms with E-state index in [1.807, 2.05) is 0 Å². The van der Waals surface area contributed by atoms with Crippen LogP contribution < -0.4 is 9.47 Å². The Bertz CT molecular complexity index is 363. The molecule has 0 aromatic heterocycles. The maximum absolute atomic E-state index is 10.7. The second-order valence-corrected chi connectivity index (χ2v) is 3.99. The van der Waals surface area contributed by atoms with E-state index in [0.29, 0.717) is 17.1 Å². The van der Waals surface area contributed by atoms with Gasteiger partial charge in [0.05, 0.1) is 19.8 Å². The number of methoxy groups -OCH3 is 4. The zero-order chi connectivity index (χ0) is 13.8. The van der Waals surface area contributed by atoms with Gasteiger partial charge < -0.3 is 24.1 Å². The first-order valence-corrected chi connectivity index (χ1v) is 5.52. The van der Waals surface area contributed by atoms with Crippen molar-refractivity contribution in [3.8, 4) is 11.5 Å². The van der Waals surface area contributed by atoms with Crippen molar-refractivity contribution >= 4 is 0 Å². The first-order chi connectivity index (χ1) is 8.52. The molecule has 0 bridgehead atoms. The summed E-state index contributed by atoms with van der Waals surface area (Å²) in [5.74, 6) is 1.02. The summed E-state index contributed by atoms with van der Waals surface area (Å²) in [4.78, 5) is 0. The number of rotatable bonds is 6. The minimum Gasteiger partial charge on any atom is -0.496 e. The van der Waals surface area contributed by atoms with Crippen LogP contribution in [0.2, 0.25) is 0 Å². The molecule has 1 aromatic rings. The van der Waals surface area contributed by atoms with Crippen molar-refractivity contribution in [2.45, 2.75) is 18.8 Å². The summed E-state index contributed by atoms with van der Waals surface area (Å²) in [6, 6.07) is 5.27. The van der Waals surface area contributed by atoms with Crippen LogP contribution in [0, 0.1) is 0 Å². The maximum atomic E-state index is 10.7. The van der Waals surface area contributed by atoms with Crippen LogP contribution in [-0.4, -0.2) is 39.8 Å². The highest BCUT2D eigenvalue weighted by molar-refractivity contribution is 5.48. The highest BCUT2D eigenvalue weighted by Crippen LogP contribution is 2.40. The molecule has 1 N–H and O–H groups in total. The molecule has 1 rings (SSSR count). The Balaban J connectivity index is 3.36. The number of aliphatic hydroxyl groups is 1. The molecule has 1 unspecified atom stereocenters. The first kappa shape index (κ1) is 14.8. The van der Waals surface area contributed by atoms with E-state index in [4.69, 9.17) is 18.9 Å². The smallest absolute Gasteiger partial charge is 0.189 e. The van der Waals surface area contributed by atoms with E-state index in [1.54, 1.807) is 25.1 Å². The fourth-order valence-electron chi connectivity index (χ4n) is 2.02. The fourth-order valence-corrected chi connectivity index (χ4v) is 2.02. The minimum atomic E-state index is -1.40. The van der Waals surface area contributed by atoms with Gasteiger partial charge in [0.1, 0.15) is 17.1 Å². The van der Waals surface area contributed by atoms with Gasteiger partial charge >= 0.3 is 0 Å². The Morgan fingerprint density at radius 2 is 1.44 bits per heavy atom. The van der Waals surface area contributed by atoms with Gasteiger partial charge in [0.15, 0.2) is 6.29 Å². The molecule has 1 aromatic carbocycles. The largest absolute Gasteiger partial charge is 0.496 e. The lowest BCUT2D eigenvalue weighted by Gasteiger charge is -2.32. The summed E-state index contributed by atoms with van der Waals surface area (Å²) >= 11 is 0. The topological polar surface area (TPSA) is 57.2 Å². The second kappa shape index (κ2) is 6.04. The number of hydrogen-bond acceptors (Lipinski definition) is 5. The summed E-state index contributed by atoms with van der Waals surface area (Å²) in [7, 11) is 5.99. The molecule has 0 aliphatic heterocycles. The van der Waals surface area contributed by atoms with E-state index in [1.165, 1.54) is 28.4 Å². The monoisotopic (exact) mass is 256 g/mol. The second-order valence-electron chi connectivity index (χ2n) is 3.99. The molecular formula is C13H20O5. The Hall–Kier alpha value is -1.30. The van der Waals surface area contributed by atoms with Crippen LogP contribution in [0.1, 0.15) is 12.5 Å². The van der Waals surface area contributed by atoms with Gasteiger partial charge in [0.2, 0.25) is 0 Å². The van der Waals surface area contributed by atoms with Gasteiger partial charge in [-0.2, -0.15) is 0 Å². The van der Waals surface area contributed by atoms with Gasteiger partial charge in [-0.05, 0) is 19.1 Å². The molecular weight excluding hydrogens is 236 g/mol. The van der Waals surface area contributed by atoms with Gasteiger partial charge in [-0.1, -0.05) is 6.07 Å². The van der Waals surface area contributed by atoms with Gasteiger partial charge in [0, 0.05) is 14.2 Å². The standard InChI is InChI=1S/C13H20O5/c1-13(14,12(17-4)18-5)11-9(15-2)7-6-8-10(11)16-3/h6-8,12,14H,1-5H3. The SMILES string of the molecule is COc1cccc(OC)c1C(C)(O)C(OC)OC. The van der Waals surface area contributed by atoms with E-state index in [-0.39, 0.29) is 0 Å². The Labute approximate surface area is 107 Å². The highest BCUT2D eigenvalue weighted by Gasteiger charge is 2.39. The molecule has 1 atom stereocenters. The molecule has 102 valence electrons. The van der Waals surface area contributed by atoms with E-state index in [2.05, 4.69) is 0 Å². The fraction of sp³-hybridized carbons (Fsp3) is 0.538. The number of benzene rings is 1. The molecule has 0 amide bonds. The lowest BCUT2D eigenvalue weighted by atomic mass is 9.93. The molecule has 5 heteroatoms. The summed E-state index contributed by atoms with van der Waals surface area (Å²) in [5, 5.41) is 10.7. The van der Waals surface area contributed by atoms with Crippen molar-refractivity contribution < 1.29 is 24.1 Å². The van der Waals surface area contributed by atoms with Crippen LogP contribution in [-0.2, 0) is 15.1 Å². The molecule has 0 saturated carbocycles. The van der Waals surface area contributed by atoms with Gasteiger partial charge in [-0.3, -0.25) is 0 Å². The van der Waals surface area contributed by atoms with Gasteiger partial charge in [0.25, 0.3) is 0 Å². The van der Waals surface area contributed by atoms with Crippen molar-refractivity contribution in [3.63, 3.8) is 0 Å². The Kier molecular flexibility index (Phi) is 4.95. The molecule has 0 aliphatic carbocycles. The van der Waals surface area contributed by atoms with Crippen molar-refractivity contribution in [3.05, 3.63) is 23.8 Å². The van der Waals surface area contributed by atoms with Crippen LogP contribution >= 0.6 is 0 Å². The zero-order valence-corrected chi connectivity index (χ0v) is 11.4. The molecule has 0 fully saturated rings. The molecule has 0 saturated heterocycles. The lowest BCUT2D eigenvalue weighted by Crippen LogP contribution is -2.39. The van der Waals surface area contributed by atoms with Gasteiger partial charge in [-0.25, -0.2) is 0 Å². The van der Waals surface area contributed by atoms with E-state index in [0.717, 1.165) is 0 Å². The normalized spacial score (nSPS) is 14.4. The van der Waals surface area contributed by atoms with Crippen molar-refractivity contribution in [1.29, 1.82) is 0 Å².